The second-order valence-corrected chi connectivity index (χ2v) is 5.67. The van der Waals surface area contributed by atoms with E-state index in [0.717, 1.165) is 22.6 Å². The molecule has 0 saturated carbocycles. The minimum atomic E-state index is -0.836. The second kappa shape index (κ2) is 9.96. The van der Waals surface area contributed by atoms with Gasteiger partial charge in [-0.25, -0.2) is 5.43 Å². The standard InChI is InChI=1S/C20H23N3O4/c1-4-27-18-9-5-15(6-10-18)13-21-23-20(25)19(24)22-14(2)16-7-11-17(26-3)12-8-16/h5-14H,4H2,1-3H3,(H,22,24)(H,23,25)/b21-13-/t14-/m1/s1. The van der Waals surface area contributed by atoms with E-state index in [0.29, 0.717) is 6.61 Å². The van der Waals surface area contributed by atoms with Crippen LogP contribution in [0, 0.1) is 0 Å². The highest BCUT2D eigenvalue weighted by Crippen LogP contribution is 2.17. The smallest absolute Gasteiger partial charge is 0.329 e. The molecular formula is C20H23N3O4. The van der Waals surface area contributed by atoms with Gasteiger partial charge in [0.25, 0.3) is 0 Å². The molecule has 1 atom stereocenters. The van der Waals surface area contributed by atoms with Crippen LogP contribution in [0.1, 0.15) is 31.0 Å². The summed E-state index contributed by atoms with van der Waals surface area (Å²) in [7, 11) is 1.58. The number of carbonyl (C=O) groups is 2. The summed E-state index contributed by atoms with van der Waals surface area (Å²) in [5.41, 5.74) is 3.84. The maximum Gasteiger partial charge on any atom is 0.329 e. The number of benzene rings is 2. The number of rotatable bonds is 7. The lowest BCUT2D eigenvalue weighted by atomic mass is 10.1. The van der Waals surface area contributed by atoms with E-state index in [2.05, 4.69) is 15.8 Å². The van der Waals surface area contributed by atoms with E-state index in [1.807, 2.05) is 19.1 Å². The van der Waals surface area contributed by atoms with Gasteiger partial charge in [0.1, 0.15) is 11.5 Å². The summed E-state index contributed by atoms with van der Waals surface area (Å²) in [5, 5.41) is 6.42. The molecule has 0 aliphatic rings. The molecular weight excluding hydrogens is 346 g/mol. The van der Waals surface area contributed by atoms with Crippen LogP contribution in [-0.4, -0.2) is 31.7 Å². The fourth-order valence-corrected chi connectivity index (χ4v) is 2.27. The lowest BCUT2D eigenvalue weighted by Crippen LogP contribution is -2.39. The average molecular weight is 369 g/mol. The van der Waals surface area contributed by atoms with E-state index < -0.39 is 11.8 Å². The third-order valence-corrected chi connectivity index (χ3v) is 3.74. The summed E-state index contributed by atoms with van der Waals surface area (Å²) in [6.07, 6.45) is 1.45. The van der Waals surface area contributed by atoms with E-state index in [9.17, 15) is 9.59 Å². The predicted molar refractivity (Wildman–Crippen MR) is 103 cm³/mol. The summed E-state index contributed by atoms with van der Waals surface area (Å²) in [6.45, 7) is 4.29. The van der Waals surface area contributed by atoms with Gasteiger partial charge in [0, 0.05) is 0 Å². The lowest BCUT2D eigenvalue weighted by Gasteiger charge is -2.13. The monoisotopic (exact) mass is 369 g/mol. The van der Waals surface area contributed by atoms with Crippen molar-refractivity contribution < 1.29 is 19.1 Å². The van der Waals surface area contributed by atoms with Gasteiger partial charge in [-0.05, 0) is 61.4 Å². The van der Waals surface area contributed by atoms with Gasteiger partial charge in [0.15, 0.2) is 0 Å². The highest BCUT2D eigenvalue weighted by Gasteiger charge is 2.16. The normalized spacial score (nSPS) is 11.7. The Morgan fingerprint density at radius 3 is 2.26 bits per heavy atom. The number of hydrogen-bond donors (Lipinski definition) is 2. The van der Waals surface area contributed by atoms with Crippen LogP contribution >= 0.6 is 0 Å². The van der Waals surface area contributed by atoms with Gasteiger partial charge >= 0.3 is 11.8 Å². The fourth-order valence-electron chi connectivity index (χ4n) is 2.27. The summed E-state index contributed by atoms with van der Waals surface area (Å²) in [4.78, 5) is 23.8. The molecule has 2 aromatic rings. The molecule has 142 valence electrons. The van der Waals surface area contributed by atoms with Crippen molar-refractivity contribution in [3.8, 4) is 11.5 Å². The topological polar surface area (TPSA) is 89.0 Å². The molecule has 7 heteroatoms. The molecule has 7 nitrogen and oxygen atoms in total. The third-order valence-electron chi connectivity index (χ3n) is 3.74. The first-order chi connectivity index (χ1) is 13.0. The number of hydrogen-bond acceptors (Lipinski definition) is 5. The molecule has 0 aliphatic carbocycles. The van der Waals surface area contributed by atoms with Crippen molar-refractivity contribution in [2.75, 3.05) is 13.7 Å². The number of carbonyl (C=O) groups excluding carboxylic acids is 2. The number of amides is 2. The van der Waals surface area contributed by atoms with Crippen molar-refractivity contribution in [1.29, 1.82) is 0 Å². The van der Waals surface area contributed by atoms with Gasteiger partial charge in [-0.1, -0.05) is 12.1 Å². The zero-order chi connectivity index (χ0) is 19.6. The SMILES string of the molecule is CCOc1ccc(/C=N\NC(=O)C(=O)N[C@H](C)c2ccc(OC)cc2)cc1. The van der Waals surface area contributed by atoms with Crippen LogP contribution < -0.4 is 20.2 Å². The number of ether oxygens (including phenoxy) is 2. The minimum absolute atomic E-state index is 0.329. The molecule has 0 aromatic heterocycles. The van der Waals surface area contributed by atoms with Gasteiger partial charge < -0.3 is 14.8 Å². The Balaban J connectivity index is 1.84. The van der Waals surface area contributed by atoms with Crippen molar-refractivity contribution in [2.45, 2.75) is 19.9 Å². The highest BCUT2D eigenvalue weighted by atomic mass is 16.5. The van der Waals surface area contributed by atoms with E-state index >= 15 is 0 Å². The van der Waals surface area contributed by atoms with E-state index in [1.54, 1.807) is 50.4 Å². The van der Waals surface area contributed by atoms with E-state index in [1.165, 1.54) is 6.21 Å². The van der Waals surface area contributed by atoms with Gasteiger partial charge in [-0.15, -0.1) is 0 Å². The zero-order valence-electron chi connectivity index (χ0n) is 15.6. The Bertz CT molecular complexity index is 786. The number of hydrazone groups is 1. The van der Waals surface area contributed by atoms with Crippen LogP contribution in [-0.2, 0) is 9.59 Å². The molecule has 0 heterocycles. The third kappa shape index (κ3) is 6.14. The number of methoxy groups -OCH3 is 1. The van der Waals surface area contributed by atoms with Gasteiger partial charge in [-0.2, -0.15) is 5.10 Å². The van der Waals surface area contributed by atoms with Crippen molar-refractivity contribution in [3.63, 3.8) is 0 Å². The van der Waals surface area contributed by atoms with Crippen LogP contribution in [0.15, 0.2) is 53.6 Å². The number of nitrogens with zero attached hydrogens (tertiary/aromatic N) is 1. The van der Waals surface area contributed by atoms with Crippen molar-refractivity contribution >= 4 is 18.0 Å². The van der Waals surface area contributed by atoms with Gasteiger partial charge in [0.05, 0.1) is 26.0 Å². The van der Waals surface area contributed by atoms with Gasteiger partial charge in [0.2, 0.25) is 0 Å². The van der Waals surface area contributed by atoms with Gasteiger partial charge in [-0.3, -0.25) is 9.59 Å². The summed E-state index contributed by atoms with van der Waals surface area (Å²) in [6, 6.07) is 14.1. The van der Waals surface area contributed by atoms with Crippen molar-refractivity contribution in [1.82, 2.24) is 10.7 Å². The maximum atomic E-state index is 12.0. The Kier molecular flexibility index (Phi) is 7.37. The summed E-state index contributed by atoms with van der Waals surface area (Å²) < 4.78 is 10.4. The maximum absolute atomic E-state index is 12.0. The Labute approximate surface area is 158 Å². The van der Waals surface area contributed by atoms with Crippen LogP contribution in [0.2, 0.25) is 0 Å². The quantitative estimate of drug-likeness (QED) is 0.446. The Morgan fingerprint density at radius 1 is 1.04 bits per heavy atom. The summed E-state index contributed by atoms with van der Waals surface area (Å²) >= 11 is 0. The first-order valence-corrected chi connectivity index (χ1v) is 8.54. The largest absolute Gasteiger partial charge is 0.497 e. The van der Waals surface area contributed by atoms with E-state index in [4.69, 9.17) is 9.47 Å². The molecule has 0 fully saturated rings. The average Bonchev–Trinajstić information content (AvgIpc) is 2.69. The first kappa shape index (κ1) is 20.0. The minimum Gasteiger partial charge on any atom is -0.497 e. The van der Waals surface area contributed by atoms with Crippen LogP contribution in [0.3, 0.4) is 0 Å². The molecule has 0 aliphatic heterocycles. The molecule has 0 radical (unpaired) electrons. The molecule has 2 aromatic carbocycles. The lowest BCUT2D eigenvalue weighted by molar-refractivity contribution is -0.139. The van der Waals surface area contributed by atoms with Crippen LogP contribution in [0.4, 0.5) is 0 Å². The fraction of sp³-hybridized carbons (Fsp3) is 0.250. The molecule has 0 spiro atoms. The number of nitrogens with one attached hydrogen (secondary N) is 2. The highest BCUT2D eigenvalue weighted by molar-refractivity contribution is 6.35. The Hall–Kier alpha value is -3.35. The zero-order valence-corrected chi connectivity index (χ0v) is 15.6. The molecule has 2 amide bonds. The molecule has 2 rings (SSSR count). The second-order valence-electron chi connectivity index (χ2n) is 5.67. The Morgan fingerprint density at radius 2 is 1.67 bits per heavy atom. The first-order valence-electron chi connectivity index (χ1n) is 8.54. The van der Waals surface area contributed by atoms with Crippen LogP contribution in [0.5, 0.6) is 11.5 Å². The molecule has 0 saturated heterocycles. The van der Waals surface area contributed by atoms with Crippen molar-refractivity contribution in [2.24, 2.45) is 5.10 Å². The summed E-state index contributed by atoms with van der Waals surface area (Å²) in [5.74, 6) is -0.121. The van der Waals surface area contributed by atoms with Crippen LogP contribution in [0.25, 0.3) is 0 Å². The molecule has 2 N–H and O–H groups in total. The van der Waals surface area contributed by atoms with E-state index in [-0.39, 0.29) is 6.04 Å². The molecule has 0 unspecified atom stereocenters. The molecule has 27 heavy (non-hydrogen) atoms. The molecule has 0 bridgehead atoms. The predicted octanol–water partition coefficient (Wildman–Crippen LogP) is 2.42. The van der Waals surface area contributed by atoms with Crippen molar-refractivity contribution in [3.05, 3.63) is 59.7 Å².